The molecule has 0 atom stereocenters. The van der Waals surface area contributed by atoms with Crippen molar-refractivity contribution in [2.75, 3.05) is 31.5 Å². The molecule has 0 saturated heterocycles. The second-order valence-electron chi connectivity index (χ2n) is 4.75. The fraction of sp³-hybridized carbons (Fsp3) is 0.769. The monoisotopic (exact) mass is 238 g/mol. The number of hydrogen-bond donors (Lipinski definition) is 1. The van der Waals surface area contributed by atoms with Gasteiger partial charge in [-0.2, -0.15) is 0 Å². The molecule has 0 aliphatic rings. The van der Waals surface area contributed by atoms with Gasteiger partial charge in [-0.15, -0.1) is 0 Å². The quantitative estimate of drug-likeness (QED) is 0.754. The fourth-order valence-electron chi connectivity index (χ4n) is 1.88. The summed E-state index contributed by atoms with van der Waals surface area (Å²) >= 11 is 0. The number of imidazole rings is 1. The van der Waals surface area contributed by atoms with E-state index in [2.05, 4.69) is 47.5 Å². The topological polar surface area (TPSA) is 33.1 Å². The number of anilines is 1. The molecule has 0 aliphatic heterocycles. The summed E-state index contributed by atoms with van der Waals surface area (Å²) < 4.78 is 2.19. The molecule has 4 heteroatoms. The lowest BCUT2D eigenvalue weighted by molar-refractivity contribution is 0.315. The van der Waals surface area contributed by atoms with Gasteiger partial charge in [-0.1, -0.05) is 27.7 Å². The fourth-order valence-corrected chi connectivity index (χ4v) is 1.88. The largest absolute Gasteiger partial charge is 0.354 e. The van der Waals surface area contributed by atoms with Crippen LogP contribution in [0.3, 0.4) is 0 Å². The standard InChI is InChI=1S/C13H26N4/c1-5-16(6-2)9-7-14-13-15-8-10-17(13)11-12(3)4/h8,10,12H,5-7,9,11H2,1-4H3,(H,14,15). The first-order valence-corrected chi connectivity index (χ1v) is 6.64. The van der Waals surface area contributed by atoms with E-state index in [1.54, 1.807) is 0 Å². The highest BCUT2D eigenvalue weighted by atomic mass is 15.2. The molecule has 1 rings (SSSR count). The first kappa shape index (κ1) is 14.0. The first-order valence-electron chi connectivity index (χ1n) is 6.64. The van der Waals surface area contributed by atoms with Crippen LogP contribution in [0.5, 0.6) is 0 Å². The van der Waals surface area contributed by atoms with Crippen LogP contribution in [0.1, 0.15) is 27.7 Å². The smallest absolute Gasteiger partial charge is 0.202 e. The van der Waals surface area contributed by atoms with Gasteiger partial charge in [0.15, 0.2) is 0 Å². The van der Waals surface area contributed by atoms with Crippen molar-refractivity contribution in [3.8, 4) is 0 Å². The van der Waals surface area contributed by atoms with Gasteiger partial charge in [0.2, 0.25) is 5.95 Å². The molecule has 1 aromatic rings. The molecule has 0 unspecified atom stereocenters. The lowest BCUT2D eigenvalue weighted by atomic mass is 10.2. The van der Waals surface area contributed by atoms with Gasteiger partial charge >= 0.3 is 0 Å². The Morgan fingerprint density at radius 2 is 2.06 bits per heavy atom. The number of likely N-dealkylation sites (N-methyl/N-ethyl adjacent to an activating group) is 1. The molecular formula is C13H26N4. The Morgan fingerprint density at radius 1 is 1.35 bits per heavy atom. The van der Waals surface area contributed by atoms with Crippen molar-refractivity contribution in [2.45, 2.75) is 34.2 Å². The Balaban J connectivity index is 2.38. The van der Waals surface area contributed by atoms with Gasteiger partial charge in [-0.25, -0.2) is 4.98 Å². The lowest BCUT2D eigenvalue weighted by Crippen LogP contribution is -2.29. The van der Waals surface area contributed by atoms with E-state index in [1.165, 1.54) is 0 Å². The molecule has 0 amide bonds. The maximum atomic E-state index is 4.35. The van der Waals surface area contributed by atoms with Crippen LogP contribution in [-0.2, 0) is 6.54 Å². The molecule has 0 spiro atoms. The molecule has 98 valence electrons. The van der Waals surface area contributed by atoms with Crippen molar-refractivity contribution >= 4 is 5.95 Å². The van der Waals surface area contributed by atoms with Gasteiger partial charge in [0.1, 0.15) is 0 Å². The number of rotatable bonds is 8. The van der Waals surface area contributed by atoms with Crippen molar-refractivity contribution in [2.24, 2.45) is 5.92 Å². The van der Waals surface area contributed by atoms with Crippen molar-refractivity contribution in [3.05, 3.63) is 12.4 Å². The summed E-state index contributed by atoms with van der Waals surface area (Å²) in [5, 5.41) is 3.41. The van der Waals surface area contributed by atoms with E-state index in [0.717, 1.165) is 38.7 Å². The zero-order valence-corrected chi connectivity index (χ0v) is 11.6. The Morgan fingerprint density at radius 3 is 2.65 bits per heavy atom. The molecule has 4 nitrogen and oxygen atoms in total. The minimum absolute atomic E-state index is 0.646. The molecular weight excluding hydrogens is 212 g/mol. The van der Waals surface area contributed by atoms with E-state index in [-0.39, 0.29) is 0 Å². The van der Waals surface area contributed by atoms with Gasteiger partial charge in [0, 0.05) is 32.0 Å². The molecule has 1 N–H and O–H groups in total. The zero-order valence-electron chi connectivity index (χ0n) is 11.6. The summed E-state index contributed by atoms with van der Waals surface area (Å²) in [4.78, 5) is 6.76. The van der Waals surface area contributed by atoms with Gasteiger partial charge in [0.05, 0.1) is 0 Å². The zero-order chi connectivity index (χ0) is 12.7. The van der Waals surface area contributed by atoms with Crippen LogP contribution < -0.4 is 5.32 Å². The predicted molar refractivity (Wildman–Crippen MR) is 73.3 cm³/mol. The maximum absolute atomic E-state index is 4.35. The summed E-state index contributed by atoms with van der Waals surface area (Å²) in [5.74, 6) is 1.64. The minimum atomic E-state index is 0.646. The summed E-state index contributed by atoms with van der Waals surface area (Å²) in [5.41, 5.74) is 0. The third-order valence-electron chi connectivity index (χ3n) is 2.88. The second kappa shape index (κ2) is 7.33. The van der Waals surface area contributed by atoms with Crippen LogP contribution in [0.2, 0.25) is 0 Å². The average molecular weight is 238 g/mol. The van der Waals surface area contributed by atoms with Crippen LogP contribution in [0.15, 0.2) is 12.4 Å². The SMILES string of the molecule is CCN(CC)CCNc1nccn1CC(C)C. The number of hydrogen-bond acceptors (Lipinski definition) is 3. The predicted octanol–water partition coefficient (Wildman–Crippen LogP) is 2.29. The summed E-state index contributed by atoms with van der Waals surface area (Å²) in [6.07, 6.45) is 3.90. The Bertz CT molecular complexity index is 302. The molecule has 1 heterocycles. The highest BCUT2D eigenvalue weighted by Crippen LogP contribution is 2.07. The summed E-state index contributed by atoms with van der Waals surface area (Å²) in [6, 6.07) is 0. The van der Waals surface area contributed by atoms with Crippen molar-refractivity contribution in [1.82, 2.24) is 14.5 Å². The second-order valence-corrected chi connectivity index (χ2v) is 4.75. The van der Waals surface area contributed by atoms with Crippen molar-refractivity contribution in [3.63, 3.8) is 0 Å². The molecule has 1 aromatic heterocycles. The Labute approximate surface area is 105 Å². The number of aromatic nitrogens is 2. The van der Waals surface area contributed by atoms with E-state index >= 15 is 0 Å². The molecule has 0 aromatic carbocycles. The van der Waals surface area contributed by atoms with Crippen LogP contribution in [0, 0.1) is 5.92 Å². The van der Waals surface area contributed by atoms with Crippen LogP contribution in [0.4, 0.5) is 5.95 Å². The summed E-state index contributed by atoms with van der Waals surface area (Å²) in [7, 11) is 0. The highest BCUT2D eigenvalue weighted by molar-refractivity contribution is 5.25. The van der Waals surface area contributed by atoms with Crippen molar-refractivity contribution < 1.29 is 0 Å². The average Bonchev–Trinajstić information content (AvgIpc) is 2.71. The maximum Gasteiger partial charge on any atom is 0.202 e. The number of nitrogens with zero attached hydrogens (tertiary/aromatic N) is 3. The molecule has 17 heavy (non-hydrogen) atoms. The van der Waals surface area contributed by atoms with E-state index in [1.807, 2.05) is 12.4 Å². The van der Waals surface area contributed by atoms with Crippen LogP contribution >= 0.6 is 0 Å². The van der Waals surface area contributed by atoms with Crippen molar-refractivity contribution in [1.29, 1.82) is 0 Å². The first-order chi connectivity index (χ1) is 8.17. The third-order valence-corrected chi connectivity index (χ3v) is 2.88. The normalized spacial score (nSPS) is 11.4. The highest BCUT2D eigenvalue weighted by Gasteiger charge is 2.04. The molecule has 0 bridgehead atoms. The van der Waals surface area contributed by atoms with E-state index in [0.29, 0.717) is 5.92 Å². The Kier molecular flexibility index (Phi) is 6.05. The van der Waals surface area contributed by atoms with Gasteiger partial charge in [-0.05, 0) is 19.0 Å². The molecule has 0 aliphatic carbocycles. The number of nitrogens with one attached hydrogen (secondary N) is 1. The van der Waals surface area contributed by atoms with Crippen LogP contribution in [-0.4, -0.2) is 40.6 Å². The van der Waals surface area contributed by atoms with E-state index in [4.69, 9.17) is 0 Å². The third kappa shape index (κ3) is 4.77. The van der Waals surface area contributed by atoms with Gasteiger partial charge in [-0.3, -0.25) is 0 Å². The van der Waals surface area contributed by atoms with E-state index < -0.39 is 0 Å². The lowest BCUT2D eigenvalue weighted by Gasteiger charge is -2.18. The van der Waals surface area contributed by atoms with Gasteiger partial charge in [0.25, 0.3) is 0 Å². The van der Waals surface area contributed by atoms with Crippen LogP contribution in [0.25, 0.3) is 0 Å². The van der Waals surface area contributed by atoms with Gasteiger partial charge < -0.3 is 14.8 Å². The van der Waals surface area contributed by atoms with E-state index in [9.17, 15) is 0 Å². The molecule has 0 saturated carbocycles. The summed E-state index contributed by atoms with van der Waals surface area (Å²) in [6.45, 7) is 14.1. The molecule has 0 radical (unpaired) electrons. The Hall–Kier alpha value is -1.03. The minimum Gasteiger partial charge on any atom is -0.354 e. The molecule has 0 fully saturated rings.